The number of nitrogens with zero attached hydrogens (tertiary/aromatic N) is 5. The van der Waals surface area contributed by atoms with Gasteiger partial charge in [-0.2, -0.15) is 5.10 Å². The third kappa shape index (κ3) is 3.04. The molecule has 0 radical (unpaired) electrons. The number of anilines is 1. The fourth-order valence-electron chi connectivity index (χ4n) is 3.02. The molecule has 0 unspecified atom stereocenters. The summed E-state index contributed by atoms with van der Waals surface area (Å²) in [6.07, 6.45) is 5.36. The van der Waals surface area contributed by atoms with Gasteiger partial charge in [-0.1, -0.05) is 0 Å². The number of amides is 1. The lowest BCUT2D eigenvalue weighted by molar-refractivity contribution is 0.0732. The summed E-state index contributed by atoms with van der Waals surface area (Å²) in [5.74, 6) is 1.52. The number of carbonyl (C=O) groups is 1. The van der Waals surface area contributed by atoms with Crippen LogP contribution in [0.3, 0.4) is 0 Å². The van der Waals surface area contributed by atoms with Gasteiger partial charge in [0.05, 0.1) is 23.5 Å². The van der Waals surface area contributed by atoms with E-state index in [9.17, 15) is 4.79 Å². The molecule has 2 aromatic rings. The van der Waals surface area contributed by atoms with Crippen LogP contribution in [0, 0.1) is 6.92 Å². The Kier molecular flexibility index (Phi) is 4.27. The molecule has 0 aromatic carbocycles. The number of rotatable bonds is 4. The SMILES string of the molecule is CCn1cc(C(=O)N2CCC[C@H]2c2cc(NC)nc(C)n2)cn1. The monoisotopic (exact) mass is 314 g/mol. The molecule has 1 aliphatic heterocycles. The number of carbonyl (C=O) groups excluding carboxylic acids is 1. The third-order valence-electron chi connectivity index (χ3n) is 4.17. The summed E-state index contributed by atoms with van der Waals surface area (Å²) < 4.78 is 1.77. The number of nitrogens with one attached hydrogen (secondary N) is 1. The van der Waals surface area contributed by atoms with Crippen molar-refractivity contribution in [2.45, 2.75) is 39.3 Å². The second-order valence-electron chi connectivity index (χ2n) is 5.72. The van der Waals surface area contributed by atoms with Crippen LogP contribution >= 0.6 is 0 Å². The highest BCUT2D eigenvalue weighted by Crippen LogP contribution is 2.32. The molecule has 7 nitrogen and oxygen atoms in total. The smallest absolute Gasteiger partial charge is 0.257 e. The van der Waals surface area contributed by atoms with E-state index in [2.05, 4.69) is 20.4 Å². The molecular weight excluding hydrogens is 292 g/mol. The summed E-state index contributed by atoms with van der Waals surface area (Å²) in [6, 6.07) is 1.93. The molecule has 0 bridgehead atoms. The van der Waals surface area contributed by atoms with Crippen LogP contribution in [0.4, 0.5) is 5.82 Å². The maximum absolute atomic E-state index is 12.8. The minimum Gasteiger partial charge on any atom is -0.373 e. The molecule has 0 saturated carbocycles. The van der Waals surface area contributed by atoms with Gasteiger partial charge in [0.1, 0.15) is 11.6 Å². The quantitative estimate of drug-likeness (QED) is 0.934. The van der Waals surface area contributed by atoms with E-state index < -0.39 is 0 Å². The van der Waals surface area contributed by atoms with Gasteiger partial charge in [-0.25, -0.2) is 9.97 Å². The van der Waals surface area contributed by atoms with Crippen molar-refractivity contribution in [3.8, 4) is 0 Å². The highest BCUT2D eigenvalue weighted by molar-refractivity contribution is 5.94. The Morgan fingerprint density at radius 3 is 2.96 bits per heavy atom. The molecule has 122 valence electrons. The Hall–Kier alpha value is -2.44. The van der Waals surface area contributed by atoms with Crippen molar-refractivity contribution in [3.63, 3.8) is 0 Å². The number of hydrogen-bond donors (Lipinski definition) is 1. The predicted molar refractivity (Wildman–Crippen MR) is 87.2 cm³/mol. The largest absolute Gasteiger partial charge is 0.373 e. The molecule has 7 heteroatoms. The molecule has 1 saturated heterocycles. The Balaban J connectivity index is 1.88. The van der Waals surface area contributed by atoms with Crippen LogP contribution in [0.1, 0.15) is 47.7 Å². The standard InChI is InChI=1S/C16H22N6O/c1-4-21-10-12(9-18-21)16(23)22-7-5-6-14(22)13-8-15(17-3)20-11(2)19-13/h8-10,14H,4-7H2,1-3H3,(H,17,19,20)/t14-/m0/s1. The zero-order chi connectivity index (χ0) is 16.4. The van der Waals surface area contributed by atoms with Crippen molar-refractivity contribution in [3.05, 3.63) is 35.5 Å². The fraction of sp³-hybridized carbons (Fsp3) is 0.500. The van der Waals surface area contributed by atoms with Crippen molar-refractivity contribution < 1.29 is 4.79 Å². The van der Waals surface area contributed by atoms with E-state index in [0.717, 1.165) is 37.4 Å². The van der Waals surface area contributed by atoms with Gasteiger partial charge in [0.25, 0.3) is 5.91 Å². The molecule has 1 atom stereocenters. The molecule has 23 heavy (non-hydrogen) atoms. The number of hydrogen-bond acceptors (Lipinski definition) is 5. The van der Waals surface area contributed by atoms with Gasteiger partial charge in [0.2, 0.25) is 0 Å². The Morgan fingerprint density at radius 2 is 2.26 bits per heavy atom. The van der Waals surface area contributed by atoms with Crippen LogP contribution in [0.15, 0.2) is 18.5 Å². The Morgan fingerprint density at radius 1 is 1.43 bits per heavy atom. The summed E-state index contributed by atoms with van der Waals surface area (Å²) in [7, 11) is 1.84. The fourth-order valence-corrected chi connectivity index (χ4v) is 3.02. The molecule has 1 amide bonds. The predicted octanol–water partition coefficient (Wildman–Crippen LogP) is 2.02. The topological polar surface area (TPSA) is 75.9 Å². The maximum atomic E-state index is 12.8. The molecular formula is C16H22N6O. The zero-order valence-corrected chi connectivity index (χ0v) is 13.8. The molecule has 2 aromatic heterocycles. The van der Waals surface area contributed by atoms with E-state index in [0.29, 0.717) is 11.4 Å². The second kappa shape index (κ2) is 6.36. The van der Waals surface area contributed by atoms with Gasteiger partial charge >= 0.3 is 0 Å². The van der Waals surface area contributed by atoms with Crippen LogP contribution < -0.4 is 5.32 Å². The number of likely N-dealkylation sites (tertiary alicyclic amines) is 1. The lowest BCUT2D eigenvalue weighted by atomic mass is 10.1. The van der Waals surface area contributed by atoms with Gasteiger partial charge in [-0.3, -0.25) is 9.48 Å². The van der Waals surface area contributed by atoms with Crippen LogP contribution in [0.5, 0.6) is 0 Å². The first-order chi connectivity index (χ1) is 11.1. The first-order valence-electron chi connectivity index (χ1n) is 7.99. The first kappa shape index (κ1) is 15.5. The molecule has 3 rings (SSSR count). The van der Waals surface area contributed by atoms with E-state index in [1.807, 2.05) is 38.1 Å². The summed E-state index contributed by atoms with van der Waals surface area (Å²) in [4.78, 5) is 23.6. The van der Waals surface area contributed by atoms with Crippen molar-refractivity contribution in [1.82, 2.24) is 24.6 Å². The van der Waals surface area contributed by atoms with Gasteiger partial charge in [0.15, 0.2) is 0 Å². The van der Waals surface area contributed by atoms with Crippen LogP contribution in [-0.4, -0.2) is 44.1 Å². The number of aromatic nitrogens is 4. The molecule has 0 aliphatic carbocycles. The Bertz CT molecular complexity index is 710. The van der Waals surface area contributed by atoms with E-state index in [1.54, 1.807) is 10.9 Å². The van der Waals surface area contributed by atoms with Crippen LogP contribution in [0.25, 0.3) is 0 Å². The molecule has 1 fully saturated rings. The highest BCUT2D eigenvalue weighted by atomic mass is 16.2. The van der Waals surface area contributed by atoms with Crippen molar-refractivity contribution in [2.75, 3.05) is 18.9 Å². The normalized spacial score (nSPS) is 17.5. The molecule has 1 N–H and O–H groups in total. The van der Waals surface area contributed by atoms with E-state index in [4.69, 9.17) is 0 Å². The summed E-state index contributed by atoms with van der Waals surface area (Å²) in [5.41, 5.74) is 1.54. The lowest BCUT2D eigenvalue weighted by Crippen LogP contribution is -2.31. The van der Waals surface area contributed by atoms with Crippen molar-refractivity contribution in [2.24, 2.45) is 0 Å². The van der Waals surface area contributed by atoms with Crippen LogP contribution in [0.2, 0.25) is 0 Å². The second-order valence-corrected chi connectivity index (χ2v) is 5.72. The third-order valence-corrected chi connectivity index (χ3v) is 4.17. The van der Waals surface area contributed by atoms with Gasteiger partial charge in [-0.05, 0) is 26.7 Å². The van der Waals surface area contributed by atoms with E-state index >= 15 is 0 Å². The van der Waals surface area contributed by atoms with Gasteiger partial charge in [0, 0.05) is 32.4 Å². The minimum absolute atomic E-state index is 0.00118. The van der Waals surface area contributed by atoms with Gasteiger partial charge in [-0.15, -0.1) is 0 Å². The minimum atomic E-state index is 0.00118. The number of aryl methyl sites for hydroxylation is 2. The highest BCUT2D eigenvalue weighted by Gasteiger charge is 2.32. The van der Waals surface area contributed by atoms with E-state index in [-0.39, 0.29) is 11.9 Å². The summed E-state index contributed by atoms with van der Waals surface area (Å²) in [6.45, 7) is 5.38. The average Bonchev–Trinajstić information content (AvgIpc) is 3.22. The molecule has 0 spiro atoms. The van der Waals surface area contributed by atoms with Gasteiger partial charge < -0.3 is 10.2 Å². The van der Waals surface area contributed by atoms with E-state index in [1.165, 1.54) is 0 Å². The summed E-state index contributed by atoms with van der Waals surface area (Å²) in [5, 5.41) is 7.25. The molecule has 1 aliphatic rings. The maximum Gasteiger partial charge on any atom is 0.257 e. The molecule has 3 heterocycles. The van der Waals surface area contributed by atoms with Crippen LogP contribution in [-0.2, 0) is 6.54 Å². The van der Waals surface area contributed by atoms with Crippen molar-refractivity contribution in [1.29, 1.82) is 0 Å². The zero-order valence-electron chi connectivity index (χ0n) is 13.8. The lowest BCUT2D eigenvalue weighted by Gasteiger charge is -2.24. The van der Waals surface area contributed by atoms with Crippen molar-refractivity contribution >= 4 is 11.7 Å². The Labute approximate surface area is 135 Å². The average molecular weight is 314 g/mol. The first-order valence-corrected chi connectivity index (χ1v) is 7.99. The summed E-state index contributed by atoms with van der Waals surface area (Å²) >= 11 is 0.